The molecule has 1 amide bonds. The van der Waals surface area contributed by atoms with Gasteiger partial charge in [0.15, 0.2) is 11.5 Å². The van der Waals surface area contributed by atoms with Gasteiger partial charge < -0.3 is 24.6 Å². The van der Waals surface area contributed by atoms with E-state index < -0.39 is 5.97 Å². The van der Waals surface area contributed by atoms with Gasteiger partial charge in [0, 0.05) is 6.42 Å². The molecule has 0 saturated carbocycles. The van der Waals surface area contributed by atoms with Crippen molar-refractivity contribution in [2.75, 3.05) is 26.6 Å². The SMILES string of the molecule is COc1ccccc1CCC(=O)Nc1cc(C(=O)O)cc(OC)c1OC. The van der Waals surface area contributed by atoms with Crippen LogP contribution in [0.4, 0.5) is 5.69 Å². The van der Waals surface area contributed by atoms with E-state index in [9.17, 15) is 14.7 Å². The molecular formula is C19H21NO6. The predicted octanol–water partition coefficient (Wildman–Crippen LogP) is 2.98. The minimum atomic E-state index is -1.13. The third-order valence-electron chi connectivity index (χ3n) is 3.81. The highest BCUT2D eigenvalue weighted by Crippen LogP contribution is 2.36. The molecule has 2 aromatic carbocycles. The zero-order valence-corrected chi connectivity index (χ0v) is 14.9. The summed E-state index contributed by atoms with van der Waals surface area (Å²) in [6, 6.07) is 10.1. The van der Waals surface area contributed by atoms with E-state index in [2.05, 4.69) is 5.32 Å². The highest BCUT2D eigenvalue weighted by atomic mass is 16.5. The summed E-state index contributed by atoms with van der Waals surface area (Å²) in [6.45, 7) is 0. The van der Waals surface area contributed by atoms with E-state index in [1.54, 1.807) is 7.11 Å². The Balaban J connectivity index is 2.17. The Morgan fingerprint density at radius 3 is 2.31 bits per heavy atom. The van der Waals surface area contributed by atoms with Gasteiger partial charge in [-0.25, -0.2) is 4.79 Å². The highest BCUT2D eigenvalue weighted by molar-refractivity contribution is 5.96. The number of rotatable bonds is 8. The molecular weight excluding hydrogens is 338 g/mol. The van der Waals surface area contributed by atoms with Crippen LogP contribution in [0.3, 0.4) is 0 Å². The number of hydrogen-bond donors (Lipinski definition) is 2. The summed E-state index contributed by atoms with van der Waals surface area (Å²) in [5.41, 5.74) is 1.14. The number of carboxylic acids is 1. The molecule has 7 heteroatoms. The van der Waals surface area contributed by atoms with Gasteiger partial charge in [-0.15, -0.1) is 0 Å². The van der Waals surface area contributed by atoms with Gasteiger partial charge in [0.05, 0.1) is 32.6 Å². The predicted molar refractivity (Wildman–Crippen MR) is 96.5 cm³/mol. The van der Waals surface area contributed by atoms with E-state index in [0.29, 0.717) is 12.2 Å². The molecule has 2 aromatic rings. The lowest BCUT2D eigenvalue weighted by molar-refractivity contribution is -0.116. The van der Waals surface area contributed by atoms with Gasteiger partial charge in [-0.1, -0.05) is 18.2 Å². The number of benzene rings is 2. The lowest BCUT2D eigenvalue weighted by atomic mass is 10.1. The van der Waals surface area contributed by atoms with Crippen LogP contribution in [0.1, 0.15) is 22.3 Å². The monoisotopic (exact) mass is 359 g/mol. The maximum Gasteiger partial charge on any atom is 0.335 e. The molecule has 0 fully saturated rings. The van der Waals surface area contributed by atoms with Crippen LogP contribution in [0.25, 0.3) is 0 Å². The van der Waals surface area contributed by atoms with Gasteiger partial charge in [0.25, 0.3) is 0 Å². The van der Waals surface area contributed by atoms with E-state index in [-0.39, 0.29) is 35.1 Å². The molecule has 0 spiro atoms. The maximum atomic E-state index is 12.3. The second-order valence-electron chi connectivity index (χ2n) is 5.42. The van der Waals surface area contributed by atoms with Crippen LogP contribution in [0.5, 0.6) is 17.2 Å². The maximum absolute atomic E-state index is 12.3. The van der Waals surface area contributed by atoms with Crippen molar-refractivity contribution in [3.63, 3.8) is 0 Å². The summed E-state index contributed by atoms with van der Waals surface area (Å²) in [6.07, 6.45) is 0.678. The van der Waals surface area contributed by atoms with E-state index >= 15 is 0 Å². The van der Waals surface area contributed by atoms with E-state index in [1.165, 1.54) is 26.4 Å². The van der Waals surface area contributed by atoms with Crippen molar-refractivity contribution in [1.82, 2.24) is 0 Å². The smallest absolute Gasteiger partial charge is 0.335 e. The third kappa shape index (κ3) is 4.44. The summed E-state index contributed by atoms with van der Waals surface area (Å²) < 4.78 is 15.7. The molecule has 0 radical (unpaired) electrons. The van der Waals surface area contributed by atoms with Crippen LogP contribution in [0.15, 0.2) is 36.4 Å². The van der Waals surface area contributed by atoms with Gasteiger partial charge >= 0.3 is 5.97 Å². The van der Waals surface area contributed by atoms with Crippen LogP contribution >= 0.6 is 0 Å². The second kappa shape index (κ2) is 8.75. The Bertz CT molecular complexity index is 803. The summed E-state index contributed by atoms with van der Waals surface area (Å²) in [5, 5.41) is 11.9. The molecule has 0 aliphatic carbocycles. The van der Waals surface area contributed by atoms with Crippen LogP contribution in [-0.2, 0) is 11.2 Å². The summed E-state index contributed by atoms with van der Waals surface area (Å²) in [7, 11) is 4.40. The van der Waals surface area contributed by atoms with Crippen molar-refractivity contribution in [2.24, 2.45) is 0 Å². The Morgan fingerprint density at radius 2 is 1.69 bits per heavy atom. The molecule has 0 heterocycles. The number of aryl methyl sites for hydroxylation is 1. The topological polar surface area (TPSA) is 94.1 Å². The number of aromatic carboxylic acids is 1. The molecule has 0 aromatic heterocycles. The number of carboxylic acid groups (broad SMARTS) is 1. The van der Waals surface area contributed by atoms with Crippen LogP contribution < -0.4 is 19.5 Å². The van der Waals surface area contributed by atoms with Crippen LogP contribution in [-0.4, -0.2) is 38.3 Å². The zero-order valence-electron chi connectivity index (χ0n) is 14.9. The summed E-state index contributed by atoms with van der Waals surface area (Å²) in [4.78, 5) is 23.6. The lowest BCUT2D eigenvalue weighted by Crippen LogP contribution is -2.14. The number of hydrogen-bond acceptors (Lipinski definition) is 5. The third-order valence-corrected chi connectivity index (χ3v) is 3.81. The molecule has 2 rings (SSSR count). The number of nitrogens with one attached hydrogen (secondary N) is 1. The molecule has 0 bridgehead atoms. The van der Waals surface area contributed by atoms with E-state index in [1.807, 2.05) is 24.3 Å². The zero-order chi connectivity index (χ0) is 19.1. The second-order valence-corrected chi connectivity index (χ2v) is 5.42. The van der Waals surface area contributed by atoms with Crippen LogP contribution in [0, 0.1) is 0 Å². The summed E-state index contributed by atoms with van der Waals surface area (Å²) >= 11 is 0. The van der Waals surface area contributed by atoms with Crippen molar-refractivity contribution in [3.05, 3.63) is 47.5 Å². The minimum Gasteiger partial charge on any atom is -0.496 e. The Morgan fingerprint density at radius 1 is 1.00 bits per heavy atom. The molecule has 138 valence electrons. The normalized spacial score (nSPS) is 10.1. The van der Waals surface area contributed by atoms with Crippen molar-refractivity contribution >= 4 is 17.6 Å². The average molecular weight is 359 g/mol. The first-order chi connectivity index (χ1) is 12.5. The molecule has 0 saturated heterocycles. The molecule has 26 heavy (non-hydrogen) atoms. The number of carbonyl (C=O) groups is 2. The number of para-hydroxylation sites is 1. The van der Waals surface area contributed by atoms with E-state index in [4.69, 9.17) is 14.2 Å². The number of ether oxygens (including phenoxy) is 3. The molecule has 0 aliphatic rings. The van der Waals surface area contributed by atoms with E-state index in [0.717, 1.165) is 5.56 Å². The Hall–Kier alpha value is -3.22. The lowest BCUT2D eigenvalue weighted by Gasteiger charge is -2.15. The number of carbonyl (C=O) groups excluding carboxylic acids is 1. The number of amides is 1. The standard InChI is InChI=1S/C19H21NO6/c1-24-15-7-5-4-6-12(15)8-9-17(21)20-14-10-13(19(22)23)11-16(25-2)18(14)26-3/h4-7,10-11H,8-9H2,1-3H3,(H,20,21)(H,22,23). The molecule has 0 aliphatic heterocycles. The Kier molecular flexibility index (Phi) is 6.43. The van der Waals surface area contributed by atoms with Crippen LogP contribution in [0.2, 0.25) is 0 Å². The Labute approximate surface area is 151 Å². The molecule has 0 atom stereocenters. The molecule has 0 unspecified atom stereocenters. The van der Waals surface area contributed by atoms with Crippen molar-refractivity contribution in [1.29, 1.82) is 0 Å². The summed E-state index contributed by atoms with van der Waals surface area (Å²) in [5.74, 6) is -0.197. The minimum absolute atomic E-state index is 0.0114. The molecule has 7 nitrogen and oxygen atoms in total. The van der Waals surface area contributed by atoms with Crippen molar-refractivity contribution in [2.45, 2.75) is 12.8 Å². The average Bonchev–Trinajstić information content (AvgIpc) is 2.65. The fourth-order valence-electron chi connectivity index (χ4n) is 2.55. The first-order valence-electron chi connectivity index (χ1n) is 7.91. The number of anilines is 1. The highest BCUT2D eigenvalue weighted by Gasteiger charge is 2.17. The largest absolute Gasteiger partial charge is 0.496 e. The fourth-order valence-corrected chi connectivity index (χ4v) is 2.55. The first-order valence-corrected chi connectivity index (χ1v) is 7.91. The van der Waals surface area contributed by atoms with Gasteiger partial charge in [0.1, 0.15) is 5.75 Å². The van der Waals surface area contributed by atoms with Gasteiger partial charge in [-0.2, -0.15) is 0 Å². The molecule has 2 N–H and O–H groups in total. The fraction of sp³-hybridized carbons (Fsp3) is 0.263. The van der Waals surface area contributed by atoms with Crippen molar-refractivity contribution < 1.29 is 28.9 Å². The van der Waals surface area contributed by atoms with Crippen molar-refractivity contribution in [3.8, 4) is 17.2 Å². The van der Waals surface area contributed by atoms with Gasteiger partial charge in [0.2, 0.25) is 5.91 Å². The van der Waals surface area contributed by atoms with Gasteiger partial charge in [-0.05, 0) is 30.2 Å². The quantitative estimate of drug-likeness (QED) is 0.752. The van der Waals surface area contributed by atoms with Gasteiger partial charge in [-0.3, -0.25) is 4.79 Å². The first kappa shape index (κ1) is 19.1. The number of methoxy groups -OCH3 is 3.